The van der Waals surface area contributed by atoms with Crippen LogP contribution in [0.15, 0.2) is 0 Å². The Morgan fingerprint density at radius 3 is 2.44 bits per heavy atom. The normalized spacial score (nSPS) is 26.3. The van der Waals surface area contributed by atoms with E-state index in [1.807, 2.05) is 0 Å². The van der Waals surface area contributed by atoms with E-state index in [1.165, 1.54) is 51.4 Å². The molecule has 0 spiro atoms. The highest BCUT2D eigenvalue weighted by molar-refractivity contribution is 9.09. The summed E-state index contributed by atoms with van der Waals surface area (Å²) in [6.45, 7) is 2.01. The van der Waals surface area contributed by atoms with Crippen molar-refractivity contribution < 1.29 is 4.79 Å². The molecule has 1 saturated carbocycles. The van der Waals surface area contributed by atoms with Crippen molar-refractivity contribution in [1.82, 2.24) is 4.90 Å². The maximum Gasteiger partial charge on any atom is 0.222 e. The zero-order valence-corrected chi connectivity index (χ0v) is 13.0. The van der Waals surface area contributed by atoms with Crippen LogP contribution in [0.4, 0.5) is 0 Å². The number of likely N-dealkylation sites (tertiary alicyclic amines) is 1. The molecule has 0 aromatic carbocycles. The molecule has 1 heterocycles. The van der Waals surface area contributed by atoms with Crippen LogP contribution in [-0.2, 0) is 4.79 Å². The molecule has 1 aliphatic heterocycles. The minimum atomic E-state index is 0.430. The summed E-state index contributed by atoms with van der Waals surface area (Å²) in [6.07, 6.45) is 11.2. The molecule has 2 fully saturated rings. The van der Waals surface area contributed by atoms with Crippen LogP contribution in [0.3, 0.4) is 0 Å². The highest BCUT2D eigenvalue weighted by atomic mass is 79.9. The molecule has 2 aliphatic rings. The molecule has 1 aliphatic carbocycles. The minimum absolute atomic E-state index is 0.430. The summed E-state index contributed by atoms with van der Waals surface area (Å²) in [7, 11) is 0. The predicted octanol–water partition coefficient (Wildman–Crippen LogP) is 3.98. The Morgan fingerprint density at radius 2 is 1.78 bits per heavy atom. The van der Waals surface area contributed by atoms with Gasteiger partial charge >= 0.3 is 0 Å². The van der Waals surface area contributed by atoms with E-state index in [-0.39, 0.29) is 0 Å². The van der Waals surface area contributed by atoms with Gasteiger partial charge < -0.3 is 4.90 Å². The van der Waals surface area contributed by atoms with E-state index in [2.05, 4.69) is 20.8 Å². The van der Waals surface area contributed by atoms with Gasteiger partial charge in [0.1, 0.15) is 0 Å². The van der Waals surface area contributed by atoms with Gasteiger partial charge in [0, 0.05) is 24.8 Å². The Bertz CT molecular complexity index is 261. The molecule has 2 rings (SSSR count). The van der Waals surface area contributed by atoms with Crippen molar-refractivity contribution in [3.8, 4) is 0 Å². The van der Waals surface area contributed by atoms with Gasteiger partial charge in [0.05, 0.1) is 0 Å². The third kappa shape index (κ3) is 4.25. The molecule has 0 radical (unpaired) electrons. The van der Waals surface area contributed by atoms with Crippen LogP contribution in [0.5, 0.6) is 0 Å². The third-order valence-electron chi connectivity index (χ3n) is 4.59. The second-order valence-corrected chi connectivity index (χ2v) is 6.83. The van der Waals surface area contributed by atoms with Gasteiger partial charge in [-0.05, 0) is 37.5 Å². The Kier molecular flexibility index (Phi) is 6.00. The third-order valence-corrected chi connectivity index (χ3v) is 5.05. The molecular formula is C15H26BrNO. The second-order valence-electron chi connectivity index (χ2n) is 6.03. The van der Waals surface area contributed by atoms with Gasteiger partial charge in [0.2, 0.25) is 5.91 Å². The molecule has 1 atom stereocenters. The van der Waals surface area contributed by atoms with Crippen LogP contribution in [0, 0.1) is 11.8 Å². The van der Waals surface area contributed by atoms with E-state index in [9.17, 15) is 4.79 Å². The van der Waals surface area contributed by atoms with Crippen molar-refractivity contribution >= 4 is 21.8 Å². The largest absolute Gasteiger partial charge is 0.342 e. The monoisotopic (exact) mass is 315 g/mol. The average Bonchev–Trinajstić information content (AvgIpc) is 2.67. The zero-order valence-electron chi connectivity index (χ0n) is 11.4. The first kappa shape index (κ1) is 14.4. The maximum atomic E-state index is 12.3. The van der Waals surface area contributed by atoms with Crippen molar-refractivity contribution in [2.24, 2.45) is 11.8 Å². The Morgan fingerprint density at radius 1 is 1.06 bits per heavy atom. The van der Waals surface area contributed by atoms with Crippen molar-refractivity contribution in [2.75, 3.05) is 18.4 Å². The number of hydrogen-bond acceptors (Lipinski definition) is 1. The minimum Gasteiger partial charge on any atom is -0.342 e. The Balaban J connectivity index is 1.74. The van der Waals surface area contributed by atoms with Crippen molar-refractivity contribution in [3.63, 3.8) is 0 Å². The first-order valence-corrected chi connectivity index (χ1v) is 8.75. The molecule has 3 heteroatoms. The molecule has 0 N–H and O–H groups in total. The van der Waals surface area contributed by atoms with Crippen LogP contribution in [0.1, 0.15) is 57.8 Å². The molecule has 1 amide bonds. The van der Waals surface area contributed by atoms with Gasteiger partial charge in [-0.2, -0.15) is 0 Å². The SMILES string of the molecule is O=C(CC1CCCCCC1)N1CCC(CCBr)C1. The number of hydrogen-bond donors (Lipinski definition) is 0. The fraction of sp³-hybridized carbons (Fsp3) is 0.933. The number of rotatable bonds is 4. The number of carbonyl (C=O) groups is 1. The van der Waals surface area contributed by atoms with E-state index in [0.717, 1.165) is 30.8 Å². The quantitative estimate of drug-likeness (QED) is 0.567. The number of amides is 1. The van der Waals surface area contributed by atoms with E-state index in [0.29, 0.717) is 11.8 Å². The molecule has 0 bridgehead atoms. The standard InChI is InChI=1S/C15H26BrNO/c16-9-7-14-8-10-17(12-14)15(18)11-13-5-3-1-2-4-6-13/h13-14H,1-12H2. The molecule has 0 aromatic heterocycles. The lowest BCUT2D eigenvalue weighted by molar-refractivity contribution is -0.131. The van der Waals surface area contributed by atoms with Gasteiger partial charge in [-0.3, -0.25) is 4.79 Å². The summed E-state index contributed by atoms with van der Waals surface area (Å²) < 4.78 is 0. The highest BCUT2D eigenvalue weighted by Crippen LogP contribution is 2.27. The first-order chi connectivity index (χ1) is 8.79. The molecular weight excluding hydrogens is 290 g/mol. The Labute approximate surface area is 120 Å². The summed E-state index contributed by atoms with van der Waals surface area (Å²) in [4.78, 5) is 14.4. The number of nitrogens with zero attached hydrogens (tertiary/aromatic N) is 1. The zero-order chi connectivity index (χ0) is 12.8. The van der Waals surface area contributed by atoms with Crippen molar-refractivity contribution in [3.05, 3.63) is 0 Å². The lowest BCUT2D eigenvalue weighted by Crippen LogP contribution is -2.30. The number of carbonyl (C=O) groups excluding carboxylic acids is 1. The van der Waals surface area contributed by atoms with Gasteiger partial charge in [-0.1, -0.05) is 41.6 Å². The fourth-order valence-electron chi connectivity index (χ4n) is 3.39. The summed E-state index contributed by atoms with van der Waals surface area (Å²) in [6, 6.07) is 0. The Hall–Kier alpha value is -0.0500. The van der Waals surface area contributed by atoms with Crippen LogP contribution >= 0.6 is 15.9 Å². The summed E-state index contributed by atoms with van der Waals surface area (Å²) in [5.41, 5.74) is 0. The van der Waals surface area contributed by atoms with Crippen molar-refractivity contribution in [2.45, 2.75) is 57.8 Å². The van der Waals surface area contributed by atoms with Crippen LogP contribution in [-0.4, -0.2) is 29.2 Å². The van der Waals surface area contributed by atoms with Gasteiger partial charge in [0.25, 0.3) is 0 Å². The second kappa shape index (κ2) is 7.52. The van der Waals surface area contributed by atoms with E-state index >= 15 is 0 Å². The molecule has 2 nitrogen and oxygen atoms in total. The van der Waals surface area contributed by atoms with Crippen LogP contribution in [0.25, 0.3) is 0 Å². The van der Waals surface area contributed by atoms with Gasteiger partial charge in [0.15, 0.2) is 0 Å². The van der Waals surface area contributed by atoms with E-state index in [4.69, 9.17) is 0 Å². The van der Waals surface area contributed by atoms with Crippen LogP contribution in [0.2, 0.25) is 0 Å². The smallest absolute Gasteiger partial charge is 0.222 e. The summed E-state index contributed by atoms with van der Waals surface area (Å²) in [5, 5.41) is 1.07. The fourth-order valence-corrected chi connectivity index (χ4v) is 4.04. The van der Waals surface area contributed by atoms with E-state index < -0.39 is 0 Å². The van der Waals surface area contributed by atoms with Gasteiger partial charge in [-0.15, -0.1) is 0 Å². The first-order valence-electron chi connectivity index (χ1n) is 7.63. The van der Waals surface area contributed by atoms with E-state index in [1.54, 1.807) is 0 Å². The van der Waals surface area contributed by atoms with Crippen LogP contribution < -0.4 is 0 Å². The highest BCUT2D eigenvalue weighted by Gasteiger charge is 2.27. The predicted molar refractivity (Wildman–Crippen MR) is 78.9 cm³/mol. The molecule has 18 heavy (non-hydrogen) atoms. The number of alkyl halides is 1. The number of halogens is 1. The molecule has 104 valence electrons. The topological polar surface area (TPSA) is 20.3 Å². The lowest BCUT2D eigenvalue weighted by Gasteiger charge is -2.20. The molecule has 1 unspecified atom stereocenters. The summed E-state index contributed by atoms with van der Waals surface area (Å²) in [5.74, 6) is 1.84. The van der Waals surface area contributed by atoms with Gasteiger partial charge in [-0.25, -0.2) is 0 Å². The van der Waals surface area contributed by atoms with Crippen molar-refractivity contribution in [1.29, 1.82) is 0 Å². The lowest BCUT2D eigenvalue weighted by atomic mass is 9.96. The molecule has 1 saturated heterocycles. The molecule has 0 aromatic rings. The average molecular weight is 316 g/mol. The maximum absolute atomic E-state index is 12.3. The summed E-state index contributed by atoms with van der Waals surface area (Å²) >= 11 is 3.50.